The van der Waals surface area contributed by atoms with E-state index in [0.29, 0.717) is 29.7 Å². The lowest BCUT2D eigenvalue weighted by Gasteiger charge is -2.09. The van der Waals surface area contributed by atoms with Gasteiger partial charge in [0.15, 0.2) is 9.84 Å². The van der Waals surface area contributed by atoms with Gasteiger partial charge in [0.05, 0.1) is 18.1 Å². The van der Waals surface area contributed by atoms with Crippen LogP contribution in [0, 0.1) is 13.8 Å². The number of hydrogen-bond acceptors (Lipinski definition) is 8. The van der Waals surface area contributed by atoms with Crippen LogP contribution >= 0.6 is 11.3 Å². The van der Waals surface area contributed by atoms with Gasteiger partial charge in [-0.2, -0.15) is 4.72 Å². The predicted octanol–water partition coefficient (Wildman–Crippen LogP) is 3.06. The molecule has 2 heterocycles. The van der Waals surface area contributed by atoms with Gasteiger partial charge in [-0.05, 0) is 36.4 Å². The molecule has 11 heteroatoms. The van der Waals surface area contributed by atoms with E-state index in [1.54, 1.807) is 35.7 Å². The maximum absolute atomic E-state index is 12.7. The van der Waals surface area contributed by atoms with Gasteiger partial charge in [-0.25, -0.2) is 16.8 Å². The lowest BCUT2D eigenvalue weighted by molar-refractivity contribution is 0.132. The SMILES string of the molecule is Cc1onc(CCOCNS(=O)(=O)c2sccc2-c2ccc(CS(C)(=O)=O)cc2)c1C. The van der Waals surface area contributed by atoms with Crippen LogP contribution in [0.3, 0.4) is 0 Å². The van der Waals surface area contributed by atoms with Crippen LogP contribution in [0.15, 0.2) is 44.4 Å². The number of thiophene rings is 1. The van der Waals surface area contributed by atoms with Gasteiger partial charge in [-0.3, -0.25) is 0 Å². The first-order valence-electron chi connectivity index (χ1n) is 9.40. The molecule has 0 amide bonds. The molecule has 8 nitrogen and oxygen atoms in total. The summed E-state index contributed by atoms with van der Waals surface area (Å²) in [4.78, 5) is 0. The van der Waals surface area contributed by atoms with Crippen molar-refractivity contribution in [3.63, 3.8) is 0 Å². The molecular weight excluding hydrogens is 460 g/mol. The zero-order valence-corrected chi connectivity index (χ0v) is 19.9. The minimum absolute atomic E-state index is 0.0611. The minimum atomic E-state index is -3.77. The highest BCUT2D eigenvalue weighted by molar-refractivity contribution is 7.91. The van der Waals surface area contributed by atoms with E-state index in [9.17, 15) is 16.8 Å². The highest BCUT2D eigenvalue weighted by Crippen LogP contribution is 2.32. The summed E-state index contributed by atoms with van der Waals surface area (Å²) in [5.74, 6) is 0.694. The molecule has 0 bridgehead atoms. The lowest BCUT2D eigenvalue weighted by atomic mass is 10.1. The minimum Gasteiger partial charge on any atom is -0.365 e. The molecule has 0 saturated carbocycles. The van der Waals surface area contributed by atoms with Crippen LogP contribution in [0.25, 0.3) is 11.1 Å². The summed E-state index contributed by atoms with van der Waals surface area (Å²) in [6.07, 6.45) is 1.70. The van der Waals surface area contributed by atoms with E-state index in [-0.39, 0.29) is 16.7 Å². The van der Waals surface area contributed by atoms with Gasteiger partial charge >= 0.3 is 0 Å². The normalized spacial score (nSPS) is 12.4. The Labute approximate surface area is 186 Å². The molecule has 0 aliphatic carbocycles. The number of sulfonamides is 1. The predicted molar refractivity (Wildman–Crippen MR) is 119 cm³/mol. The Morgan fingerprint density at radius 1 is 1.10 bits per heavy atom. The monoisotopic (exact) mass is 484 g/mol. The summed E-state index contributed by atoms with van der Waals surface area (Å²) < 4.78 is 61.5. The molecule has 0 atom stereocenters. The molecule has 1 N–H and O–H groups in total. The summed E-state index contributed by atoms with van der Waals surface area (Å²) in [6, 6.07) is 8.55. The Hall–Kier alpha value is -2.05. The van der Waals surface area contributed by atoms with Crippen LogP contribution in [-0.2, 0) is 36.8 Å². The van der Waals surface area contributed by atoms with E-state index < -0.39 is 19.9 Å². The van der Waals surface area contributed by atoms with Gasteiger partial charge in [0.25, 0.3) is 10.0 Å². The molecule has 0 aliphatic heterocycles. The molecule has 0 radical (unpaired) electrons. The van der Waals surface area contributed by atoms with Crippen molar-refractivity contribution in [2.45, 2.75) is 30.2 Å². The number of aromatic nitrogens is 1. The Balaban J connectivity index is 1.61. The molecule has 31 heavy (non-hydrogen) atoms. The second-order valence-corrected chi connectivity index (χ2v) is 12.2. The molecule has 0 fully saturated rings. The molecule has 168 valence electrons. The molecule has 3 aromatic rings. The Morgan fingerprint density at radius 3 is 2.42 bits per heavy atom. The number of rotatable bonds is 10. The zero-order valence-electron chi connectivity index (χ0n) is 17.4. The summed E-state index contributed by atoms with van der Waals surface area (Å²) in [6.45, 7) is 3.88. The van der Waals surface area contributed by atoms with Gasteiger partial charge in [0.2, 0.25) is 0 Å². The van der Waals surface area contributed by atoms with Crippen LogP contribution in [0.4, 0.5) is 0 Å². The zero-order chi connectivity index (χ0) is 22.6. The molecule has 1 aromatic carbocycles. The molecule has 0 aliphatic rings. The Morgan fingerprint density at radius 2 is 1.81 bits per heavy atom. The van der Waals surface area contributed by atoms with Crippen LogP contribution in [-0.4, -0.2) is 41.6 Å². The third-order valence-electron chi connectivity index (χ3n) is 4.66. The summed E-state index contributed by atoms with van der Waals surface area (Å²) in [5, 5.41) is 5.65. The third-order valence-corrected chi connectivity index (χ3v) is 8.37. The van der Waals surface area contributed by atoms with Crippen molar-refractivity contribution in [3.8, 4) is 11.1 Å². The number of benzene rings is 1. The maximum atomic E-state index is 12.7. The average Bonchev–Trinajstić information content (AvgIpc) is 3.30. The standard InChI is InChI=1S/C20H24N2O6S3/c1-14-15(2)28-22-19(14)8-10-27-13-21-31(25,26)20-18(9-11-29-20)17-6-4-16(5-7-17)12-30(3,23)24/h4-7,9,11,21H,8,10,12-13H2,1-3H3. The van der Waals surface area contributed by atoms with E-state index in [1.165, 1.54) is 6.26 Å². The van der Waals surface area contributed by atoms with Crippen LogP contribution in [0.1, 0.15) is 22.6 Å². The van der Waals surface area contributed by atoms with Crippen molar-refractivity contribution in [2.75, 3.05) is 19.6 Å². The van der Waals surface area contributed by atoms with Crippen molar-refractivity contribution in [2.24, 2.45) is 0 Å². The molecule has 0 spiro atoms. The van der Waals surface area contributed by atoms with Crippen molar-refractivity contribution in [1.82, 2.24) is 9.88 Å². The quantitative estimate of drug-likeness (QED) is 0.347. The Bertz CT molecular complexity index is 1240. The first-order valence-corrected chi connectivity index (χ1v) is 13.8. The van der Waals surface area contributed by atoms with Gasteiger partial charge in [-0.1, -0.05) is 29.4 Å². The first kappa shape index (κ1) is 23.6. The van der Waals surface area contributed by atoms with Crippen molar-refractivity contribution < 1.29 is 26.1 Å². The summed E-state index contributed by atoms with van der Waals surface area (Å²) >= 11 is 1.11. The smallest absolute Gasteiger partial charge is 0.252 e. The van der Waals surface area contributed by atoms with Crippen LogP contribution < -0.4 is 4.72 Å². The molecule has 0 unspecified atom stereocenters. The molecule has 3 rings (SSSR count). The van der Waals surface area contributed by atoms with Gasteiger partial charge in [0, 0.05) is 23.8 Å². The fraction of sp³-hybridized carbons (Fsp3) is 0.350. The van der Waals surface area contributed by atoms with Crippen molar-refractivity contribution in [1.29, 1.82) is 0 Å². The maximum Gasteiger partial charge on any atom is 0.252 e. The number of nitrogens with one attached hydrogen (secondary N) is 1. The van der Waals surface area contributed by atoms with E-state index in [4.69, 9.17) is 9.26 Å². The lowest BCUT2D eigenvalue weighted by Crippen LogP contribution is -2.26. The molecular formula is C20H24N2O6S3. The second kappa shape index (κ2) is 9.61. The topological polar surface area (TPSA) is 116 Å². The fourth-order valence-electron chi connectivity index (χ4n) is 2.92. The van der Waals surface area contributed by atoms with E-state index in [0.717, 1.165) is 28.4 Å². The van der Waals surface area contributed by atoms with Gasteiger partial charge in [-0.15, -0.1) is 11.3 Å². The first-order chi connectivity index (χ1) is 14.6. The highest BCUT2D eigenvalue weighted by atomic mass is 32.2. The van der Waals surface area contributed by atoms with Gasteiger partial charge < -0.3 is 9.26 Å². The highest BCUT2D eigenvalue weighted by Gasteiger charge is 2.21. The molecule has 2 aromatic heterocycles. The Kier molecular flexibility index (Phi) is 7.32. The average molecular weight is 485 g/mol. The number of ether oxygens (including phenoxy) is 1. The van der Waals surface area contributed by atoms with E-state index in [1.807, 2.05) is 13.8 Å². The number of nitrogens with zero attached hydrogens (tertiary/aromatic N) is 1. The summed E-state index contributed by atoms with van der Waals surface area (Å²) in [7, 11) is -6.91. The second-order valence-electron chi connectivity index (χ2n) is 7.15. The fourth-order valence-corrected chi connectivity index (χ4v) is 6.06. The summed E-state index contributed by atoms with van der Waals surface area (Å²) in [5.41, 5.74) is 3.65. The number of sulfone groups is 1. The number of hydrogen-bond donors (Lipinski definition) is 1. The van der Waals surface area contributed by atoms with Crippen LogP contribution in [0.5, 0.6) is 0 Å². The molecule has 0 saturated heterocycles. The van der Waals surface area contributed by atoms with Crippen LogP contribution in [0.2, 0.25) is 0 Å². The van der Waals surface area contributed by atoms with E-state index in [2.05, 4.69) is 9.88 Å². The largest absolute Gasteiger partial charge is 0.365 e. The van der Waals surface area contributed by atoms with Crippen molar-refractivity contribution >= 4 is 31.2 Å². The van der Waals surface area contributed by atoms with E-state index >= 15 is 0 Å². The third kappa shape index (κ3) is 6.23. The van der Waals surface area contributed by atoms with Gasteiger partial charge in [0.1, 0.15) is 16.7 Å². The van der Waals surface area contributed by atoms with Crippen molar-refractivity contribution in [3.05, 3.63) is 58.3 Å². The number of aryl methyl sites for hydroxylation is 1.